The maximum absolute atomic E-state index is 14.1. The molecule has 8 N–H and O–H groups in total. The molecule has 7 amide bonds. The highest BCUT2D eigenvalue weighted by molar-refractivity contribution is 5.96. The van der Waals surface area contributed by atoms with Crippen molar-refractivity contribution in [1.29, 1.82) is 0 Å². The van der Waals surface area contributed by atoms with Gasteiger partial charge in [0.2, 0.25) is 29.5 Å². The molecule has 1 heterocycles. The number of benzene rings is 2. The molecule has 0 radical (unpaired) electrons. The van der Waals surface area contributed by atoms with Crippen LogP contribution in [-0.2, 0) is 41.6 Å². The largest absolute Gasteiger partial charge is 0.508 e. The molecule has 0 aromatic heterocycles. The van der Waals surface area contributed by atoms with Gasteiger partial charge in [-0.15, -0.1) is 0 Å². The van der Waals surface area contributed by atoms with Crippen molar-refractivity contribution >= 4 is 41.5 Å². The minimum atomic E-state index is -1.23. The van der Waals surface area contributed by atoms with Gasteiger partial charge in [0.15, 0.2) is 0 Å². The van der Waals surface area contributed by atoms with E-state index in [4.69, 9.17) is 0 Å². The molecule has 16 heteroatoms. The maximum atomic E-state index is 14.1. The molecule has 57 heavy (non-hydrogen) atoms. The zero-order chi connectivity index (χ0) is 42.2. The zero-order valence-corrected chi connectivity index (χ0v) is 33.7. The summed E-state index contributed by atoms with van der Waals surface area (Å²) >= 11 is 0. The predicted octanol–water partition coefficient (Wildman–Crippen LogP) is 1.99. The Kier molecular flexibility index (Phi) is 17.8. The minimum absolute atomic E-state index is 0.0619. The zero-order valence-electron chi connectivity index (χ0n) is 33.7. The third-order valence-corrected chi connectivity index (χ3v) is 10.3. The number of amides is 7. The average molecular weight is 794 g/mol. The molecule has 1 saturated heterocycles. The molecule has 1 aliphatic heterocycles. The fraction of sp³-hybridized carbons (Fsp3) is 0.537. The van der Waals surface area contributed by atoms with E-state index in [1.807, 2.05) is 30.3 Å². The van der Waals surface area contributed by atoms with E-state index in [0.717, 1.165) is 11.1 Å². The first-order valence-corrected chi connectivity index (χ1v) is 19.6. The number of phenolic OH excluding ortho intramolecular Hbond substituents is 1. The highest BCUT2D eigenvalue weighted by Crippen LogP contribution is 2.16. The van der Waals surface area contributed by atoms with Gasteiger partial charge in [-0.3, -0.25) is 24.0 Å². The van der Waals surface area contributed by atoms with Gasteiger partial charge in [0.25, 0.3) is 0 Å². The van der Waals surface area contributed by atoms with E-state index in [1.54, 1.807) is 39.8 Å². The number of hydrogen-bond acceptors (Lipinski definition) is 8. The number of urea groups is 1. The van der Waals surface area contributed by atoms with Gasteiger partial charge in [0, 0.05) is 20.0 Å². The lowest BCUT2D eigenvalue weighted by Gasteiger charge is -2.31. The topological polar surface area (TPSA) is 235 Å². The minimum Gasteiger partial charge on any atom is -0.508 e. The number of nitrogens with one attached hydrogen (secondary N) is 6. The van der Waals surface area contributed by atoms with E-state index in [0.29, 0.717) is 25.7 Å². The van der Waals surface area contributed by atoms with Crippen molar-refractivity contribution in [2.75, 3.05) is 13.6 Å². The summed E-state index contributed by atoms with van der Waals surface area (Å²) in [4.78, 5) is 95.5. The van der Waals surface area contributed by atoms with Crippen molar-refractivity contribution in [3.63, 3.8) is 0 Å². The number of aliphatic carboxylic acids is 1. The van der Waals surface area contributed by atoms with E-state index < -0.39 is 89.6 Å². The average Bonchev–Trinajstić information content (AvgIpc) is 3.18. The predicted molar refractivity (Wildman–Crippen MR) is 213 cm³/mol. The standard InChI is InChI=1S/C41H59N7O9/c1-7-25(4)34(40(55)56)47-41(57)45-30-15-11-12-22-42-36(51)32(23-28-13-9-8-10-14-28)44-35(50)26(5)48(6)39(54)31(21-18-27-16-19-29(49)20-17-27)43-38(53)33(24(2)3)46-37(30)52/h8-10,13-14,16-17,19-20,24-26,30-34,49H,7,11-12,15,18,21-23H2,1-6H3,(H,42,51)(H,43,53)(H,44,50)(H,46,52)(H,55,56)(H2,45,47,57)/t25-,26-,30?,31-,32?,33?,34-/m0/s1. The van der Waals surface area contributed by atoms with Crippen molar-refractivity contribution < 1.29 is 43.8 Å². The first-order valence-electron chi connectivity index (χ1n) is 19.6. The summed E-state index contributed by atoms with van der Waals surface area (Å²) in [6, 6.07) is 7.83. The molecule has 1 fully saturated rings. The van der Waals surface area contributed by atoms with Crippen LogP contribution in [0, 0.1) is 11.8 Å². The Morgan fingerprint density at radius 2 is 1.49 bits per heavy atom. The smallest absolute Gasteiger partial charge is 0.326 e. The molecule has 16 nitrogen and oxygen atoms in total. The molecule has 0 aliphatic carbocycles. The van der Waals surface area contributed by atoms with Gasteiger partial charge in [0.05, 0.1) is 0 Å². The molecule has 0 bridgehead atoms. The van der Waals surface area contributed by atoms with Crippen LogP contribution in [0.3, 0.4) is 0 Å². The lowest BCUT2D eigenvalue weighted by molar-refractivity contribution is -0.142. The molecule has 7 atom stereocenters. The quantitative estimate of drug-likeness (QED) is 0.166. The Hall–Kier alpha value is -5.67. The van der Waals surface area contributed by atoms with Crippen LogP contribution in [0.1, 0.15) is 77.8 Å². The highest BCUT2D eigenvalue weighted by atomic mass is 16.4. The van der Waals surface area contributed by atoms with Crippen LogP contribution in [0.4, 0.5) is 4.79 Å². The van der Waals surface area contributed by atoms with Gasteiger partial charge in [-0.2, -0.15) is 0 Å². The summed E-state index contributed by atoms with van der Waals surface area (Å²) in [5.41, 5.74) is 1.56. The van der Waals surface area contributed by atoms with Gasteiger partial charge >= 0.3 is 12.0 Å². The lowest BCUT2D eigenvalue weighted by atomic mass is 9.99. The van der Waals surface area contributed by atoms with Crippen LogP contribution < -0.4 is 31.9 Å². The van der Waals surface area contributed by atoms with Crippen LogP contribution in [-0.4, -0.2) is 106 Å². The van der Waals surface area contributed by atoms with E-state index in [-0.39, 0.29) is 31.6 Å². The number of carbonyl (C=O) groups excluding carboxylic acids is 6. The SMILES string of the molecule is CC[C@H](C)[C@H](NC(=O)NC1CCCCNC(=O)C(Cc2ccccc2)NC(=O)[C@H](C)N(C)C(=O)[C@H](CCc2ccc(O)cc2)NC(=O)C(C(C)C)NC1=O)C(=O)O. The van der Waals surface area contributed by atoms with Crippen LogP contribution >= 0.6 is 0 Å². The number of carbonyl (C=O) groups is 7. The fourth-order valence-electron chi connectivity index (χ4n) is 6.35. The number of aryl methyl sites for hydroxylation is 1. The second kappa shape index (κ2) is 22.2. The number of rotatable bonds is 11. The van der Waals surface area contributed by atoms with Crippen molar-refractivity contribution in [1.82, 2.24) is 36.8 Å². The Morgan fingerprint density at radius 3 is 2.11 bits per heavy atom. The van der Waals surface area contributed by atoms with Gasteiger partial charge in [-0.1, -0.05) is 76.6 Å². The first kappa shape index (κ1) is 45.7. The number of likely N-dealkylation sites (N-methyl/N-ethyl adjacent to an activating group) is 1. The summed E-state index contributed by atoms with van der Waals surface area (Å²) in [7, 11) is 1.43. The second-order valence-electron chi connectivity index (χ2n) is 15.0. The third kappa shape index (κ3) is 14.1. The summed E-state index contributed by atoms with van der Waals surface area (Å²) in [6.07, 6.45) is 1.82. The molecular formula is C41H59N7O9. The molecule has 1 aliphatic rings. The van der Waals surface area contributed by atoms with Crippen LogP contribution in [0.25, 0.3) is 0 Å². The normalized spacial score (nSPS) is 23.0. The molecule has 2 aromatic rings. The molecule has 3 rings (SSSR count). The van der Waals surface area contributed by atoms with E-state index >= 15 is 0 Å². The van der Waals surface area contributed by atoms with Gasteiger partial charge in [-0.05, 0) is 74.1 Å². The lowest BCUT2D eigenvalue weighted by Crippen LogP contribution is -2.60. The Morgan fingerprint density at radius 1 is 0.842 bits per heavy atom. The Bertz CT molecular complexity index is 1690. The number of carboxylic acid groups (broad SMARTS) is 1. The van der Waals surface area contributed by atoms with Crippen molar-refractivity contribution in [3.05, 3.63) is 65.7 Å². The molecule has 0 saturated carbocycles. The van der Waals surface area contributed by atoms with E-state index in [9.17, 15) is 43.8 Å². The summed E-state index contributed by atoms with van der Waals surface area (Å²) in [5, 5.41) is 35.7. The second-order valence-corrected chi connectivity index (χ2v) is 15.0. The number of phenols is 1. The number of aromatic hydroxyl groups is 1. The van der Waals surface area contributed by atoms with Crippen LogP contribution in [0.5, 0.6) is 5.75 Å². The summed E-state index contributed by atoms with van der Waals surface area (Å²) in [6.45, 7) is 8.58. The van der Waals surface area contributed by atoms with Gasteiger partial charge < -0.3 is 47.0 Å². The summed E-state index contributed by atoms with van der Waals surface area (Å²) < 4.78 is 0. The van der Waals surface area contributed by atoms with Gasteiger partial charge in [-0.25, -0.2) is 9.59 Å². The molecule has 312 valence electrons. The maximum Gasteiger partial charge on any atom is 0.326 e. The number of carboxylic acids is 1. The Balaban J connectivity index is 1.98. The number of nitrogens with zero attached hydrogens (tertiary/aromatic N) is 1. The first-order chi connectivity index (χ1) is 27.0. The van der Waals surface area contributed by atoms with Crippen LogP contribution in [0.15, 0.2) is 54.6 Å². The van der Waals surface area contributed by atoms with E-state index in [2.05, 4.69) is 31.9 Å². The molecule has 0 spiro atoms. The van der Waals surface area contributed by atoms with Crippen molar-refractivity contribution in [2.45, 2.75) is 116 Å². The molecule has 2 aromatic carbocycles. The summed E-state index contributed by atoms with van der Waals surface area (Å²) in [5.74, 6) is -5.06. The highest BCUT2D eigenvalue weighted by Gasteiger charge is 2.35. The van der Waals surface area contributed by atoms with Crippen molar-refractivity contribution in [3.8, 4) is 5.75 Å². The van der Waals surface area contributed by atoms with Gasteiger partial charge in [0.1, 0.15) is 42.0 Å². The fourth-order valence-corrected chi connectivity index (χ4v) is 6.35. The third-order valence-electron chi connectivity index (χ3n) is 10.3. The Labute approximate surface area is 334 Å². The van der Waals surface area contributed by atoms with E-state index in [1.165, 1.54) is 31.0 Å². The van der Waals surface area contributed by atoms with Crippen LogP contribution in [0.2, 0.25) is 0 Å². The monoisotopic (exact) mass is 793 g/mol. The molecule has 3 unspecified atom stereocenters. The molecular weight excluding hydrogens is 734 g/mol. The number of hydrogen-bond donors (Lipinski definition) is 8. The van der Waals surface area contributed by atoms with Crippen molar-refractivity contribution in [2.24, 2.45) is 11.8 Å².